The molecule has 0 bridgehead atoms. The first-order valence-electron chi connectivity index (χ1n) is 10.6. The summed E-state index contributed by atoms with van der Waals surface area (Å²) in [5, 5.41) is 37.7. The quantitative estimate of drug-likeness (QED) is 0.189. The Bertz CT molecular complexity index is 1540. The number of phenols is 2. The molecule has 0 aliphatic rings. The lowest BCUT2D eigenvalue weighted by molar-refractivity contribution is 0.474. The monoisotopic (exact) mass is 478 g/mol. The van der Waals surface area contributed by atoms with Crippen molar-refractivity contribution in [2.45, 2.75) is 0 Å². The first-order chi connectivity index (χ1) is 17.1. The van der Waals surface area contributed by atoms with Gasteiger partial charge in [-0.15, -0.1) is 15.3 Å². The second-order valence-electron chi connectivity index (χ2n) is 7.37. The molecule has 0 saturated carbocycles. The molecule has 0 radical (unpaired) electrons. The third-order valence-electron chi connectivity index (χ3n) is 4.88. The van der Waals surface area contributed by atoms with Gasteiger partial charge in [0.2, 0.25) is 5.13 Å². The molecule has 0 aliphatic carbocycles. The highest BCUT2D eigenvalue weighted by molar-refractivity contribution is 7.21. The van der Waals surface area contributed by atoms with E-state index in [1.807, 2.05) is 54.6 Å². The third-order valence-corrected chi connectivity index (χ3v) is 5.80. The van der Waals surface area contributed by atoms with Gasteiger partial charge in [-0.05, 0) is 54.6 Å². The van der Waals surface area contributed by atoms with Crippen molar-refractivity contribution in [3.8, 4) is 11.5 Å². The number of fused-ring (bicyclic) bond motifs is 1. The Morgan fingerprint density at radius 1 is 0.686 bits per heavy atom. The fraction of sp³-hybridized carbons (Fsp3) is 0. The number of phenolic OH excluding ortho intramolecular Hbond substituents is 2. The second-order valence-corrected chi connectivity index (χ2v) is 8.38. The minimum atomic E-state index is 0.0281. The normalized spacial score (nSPS) is 11.9. The summed E-state index contributed by atoms with van der Waals surface area (Å²) < 4.78 is 1.03. The standard InChI is InChI=1S/C26H18N6O2S/c33-20-11-12-21(31-29-18-6-2-1-3-7-18)23(15-20)27-16-17-14-19(10-13-24(17)34)30-32-26-28-22-8-4-5-9-25(22)35-26/h1-16,33-34H. The Morgan fingerprint density at radius 2 is 1.49 bits per heavy atom. The number of hydrogen-bond acceptors (Lipinski definition) is 9. The van der Waals surface area contributed by atoms with Gasteiger partial charge in [-0.1, -0.05) is 41.7 Å². The van der Waals surface area contributed by atoms with Crippen molar-refractivity contribution in [2.75, 3.05) is 0 Å². The van der Waals surface area contributed by atoms with E-state index in [4.69, 9.17) is 0 Å². The SMILES string of the molecule is Oc1ccc(N=Nc2ccccc2)c(N=Cc2cc(N=Nc3nc4ccccc4s3)ccc2O)c1. The van der Waals surface area contributed by atoms with Crippen LogP contribution in [0.4, 0.5) is 27.9 Å². The van der Waals surface area contributed by atoms with Crippen molar-refractivity contribution in [3.63, 3.8) is 0 Å². The molecule has 0 atom stereocenters. The summed E-state index contributed by atoms with van der Waals surface area (Å²) in [6.45, 7) is 0. The molecule has 8 nitrogen and oxygen atoms in total. The Labute approximate surface area is 204 Å². The zero-order valence-corrected chi connectivity index (χ0v) is 19.0. The summed E-state index contributed by atoms with van der Waals surface area (Å²) in [5.74, 6) is 0.0683. The molecular weight excluding hydrogens is 460 g/mol. The van der Waals surface area contributed by atoms with E-state index in [2.05, 4.69) is 30.4 Å². The van der Waals surface area contributed by atoms with Gasteiger partial charge in [-0.2, -0.15) is 5.11 Å². The van der Waals surface area contributed by atoms with Crippen LogP contribution in [0.5, 0.6) is 11.5 Å². The van der Waals surface area contributed by atoms with E-state index in [1.54, 1.807) is 18.2 Å². The maximum atomic E-state index is 10.3. The number of hydrogen-bond donors (Lipinski definition) is 2. The van der Waals surface area contributed by atoms with Crippen LogP contribution in [0.2, 0.25) is 0 Å². The minimum absolute atomic E-state index is 0.0281. The number of azo groups is 2. The predicted molar refractivity (Wildman–Crippen MR) is 138 cm³/mol. The van der Waals surface area contributed by atoms with Gasteiger partial charge in [0.25, 0.3) is 0 Å². The van der Waals surface area contributed by atoms with Crippen LogP contribution in [-0.2, 0) is 0 Å². The van der Waals surface area contributed by atoms with Gasteiger partial charge >= 0.3 is 0 Å². The molecule has 0 aliphatic heterocycles. The predicted octanol–water partition coefficient (Wildman–Crippen LogP) is 8.29. The van der Waals surface area contributed by atoms with Crippen LogP contribution in [0, 0.1) is 0 Å². The highest BCUT2D eigenvalue weighted by Crippen LogP contribution is 2.34. The molecule has 9 heteroatoms. The highest BCUT2D eigenvalue weighted by atomic mass is 32.1. The number of para-hydroxylation sites is 1. The molecular formula is C26H18N6O2S. The van der Waals surface area contributed by atoms with E-state index in [-0.39, 0.29) is 11.5 Å². The van der Waals surface area contributed by atoms with Crippen molar-refractivity contribution in [1.82, 2.24) is 4.98 Å². The van der Waals surface area contributed by atoms with Crippen molar-refractivity contribution < 1.29 is 10.2 Å². The summed E-state index contributed by atoms with van der Waals surface area (Å²) in [6, 6.07) is 26.5. The van der Waals surface area contributed by atoms with E-state index in [1.165, 1.54) is 35.8 Å². The maximum Gasteiger partial charge on any atom is 0.231 e. The molecule has 0 amide bonds. The fourth-order valence-corrected chi connectivity index (χ4v) is 3.94. The van der Waals surface area contributed by atoms with Crippen LogP contribution in [0.3, 0.4) is 0 Å². The average molecular weight is 479 g/mol. The van der Waals surface area contributed by atoms with E-state index < -0.39 is 0 Å². The third kappa shape index (κ3) is 5.43. The topological polar surface area (TPSA) is 115 Å². The first kappa shape index (κ1) is 22.1. The molecule has 0 unspecified atom stereocenters. The smallest absolute Gasteiger partial charge is 0.231 e. The van der Waals surface area contributed by atoms with Gasteiger partial charge in [-0.3, -0.25) is 4.99 Å². The maximum absolute atomic E-state index is 10.3. The Morgan fingerprint density at radius 3 is 2.34 bits per heavy atom. The van der Waals surface area contributed by atoms with Crippen molar-refractivity contribution in [1.29, 1.82) is 0 Å². The number of nitrogens with zero attached hydrogens (tertiary/aromatic N) is 6. The fourth-order valence-electron chi connectivity index (χ4n) is 3.16. The van der Waals surface area contributed by atoms with E-state index >= 15 is 0 Å². The van der Waals surface area contributed by atoms with Crippen molar-refractivity contribution >= 4 is 55.6 Å². The summed E-state index contributed by atoms with van der Waals surface area (Å²) in [5.41, 5.74) is 3.39. The zero-order valence-electron chi connectivity index (χ0n) is 18.2. The molecule has 2 N–H and O–H groups in total. The van der Waals surface area contributed by atoms with Gasteiger partial charge in [0.15, 0.2) is 0 Å². The number of thiazole rings is 1. The van der Waals surface area contributed by atoms with Gasteiger partial charge in [0, 0.05) is 17.8 Å². The lowest BCUT2D eigenvalue weighted by atomic mass is 10.2. The zero-order chi connectivity index (χ0) is 24.0. The Hall–Kier alpha value is -4.76. The van der Waals surface area contributed by atoms with Gasteiger partial charge < -0.3 is 10.2 Å². The molecule has 5 rings (SSSR count). The minimum Gasteiger partial charge on any atom is -0.508 e. The largest absolute Gasteiger partial charge is 0.508 e. The Balaban J connectivity index is 1.39. The lowest BCUT2D eigenvalue weighted by Crippen LogP contribution is -1.82. The summed E-state index contributed by atoms with van der Waals surface area (Å²) in [4.78, 5) is 8.86. The summed E-state index contributed by atoms with van der Waals surface area (Å²) >= 11 is 1.45. The number of aromatic hydroxyl groups is 2. The number of rotatable bonds is 6. The van der Waals surface area contributed by atoms with Crippen LogP contribution in [0.1, 0.15) is 5.56 Å². The molecule has 1 heterocycles. The highest BCUT2D eigenvalue weighted by Gasteiger charge is 2.06. The van der Waals surface area contributed by atoms with Crippen LogP contribution in [0.25, 0.3) is 10.2 Å². The lowest BCUT2D eigenvalue weighted by Gasteiger charge is -2.02. The number of benzene rings is 4. The van der Waals surface area contributed by atoms with Crippen LogP contribution in [0.15, 0.2) is 116 Å². The molecule has 0 saturated heterocycles. The van der Waals surface area contributed by atoms with Gasteiger partial charge in [-0.25, -0.2) is 4.98 Å². The van der Waals surface area contributed by atoms with Crippen LogP contribution < -0.4 is 0 Å². The first-order valence-corrected chi connectivity index (χ1v) is 11.4. The van der Waals surface area contributed by atoms with E-state index in [0.717, 1.165) is 10.2 Å². The van der Waals surface area contributed by atoms with Gasteiger partial charge in [0.1, 0.15) is 17.2 Å². The summed E-state index contributed by atoms with van der Waals surface area (Å²) in [6.07, 6.45) is 1.47. The van der Waals surface area contributed by atoms with E-state index in [9.17, 15) is 10.2 Å². The number of aliphatic imine (C=N–C) groups is 1. The van der Waals surface area contributed by atoms with Crippen molar-refractivity contribution in [3.05, 3.63) is 96.6 Å². The molecule has 0 spiro atoms. The molecule has 0 fully saturated rings. The summed E-state index contributed by atoms with van der Waals surface area (Å²) in [7, 11) is 0. The average Bonchev–Trinajstić information content (AvgIpc) is 3.30. The van der Waals surface area contributed by atoms with E-state index in [0.29, 0.717) is 33.4 Å². The van der Waals surface area contributed by atoms with Crippen LogP contribution >= 0.6 is 11.3 Å². The molecule has 170 valence electrons. The molecule has 1 aromatic heterocycles. The van der Waals surface area contributed by atoms with Crippen LogP contribution in [-0.4, -0.2) is 21.4 Å². The number of aromatic nitrogens is 1. The molecule has 35 heavy (non-hydrogen) atoms. The van der Waals surface area contributed by atoms with Crippen molar-refractivity contribution in [2.24, 2.45) is 25.4 Å². The molecule has 5 aromatic rings. The molecule has 4 aromatic carbocycles. The van der Waals surface area contributed by atoms with Gasteiger partial charge in [0.05, 0.1) is 27.3 Å². The Kier molecular flexibility index (Phi) is 6.31. The second kappa shape index (κ2) is 10.0.